The van der Waals surface area contributed by atoms with Crippen LogP contribution in [-0.2, 0) is 24.1 Å². The lowest BCUT2D eigenvalue weighted by Crippen LogP contribution is -2.49. The lowest BCUT2D eigenvalue weighted by atomic mass is 9.72. The molecule has 186 valence electrons. The third-order valence-electron chi connectivity index (χ3n) is 7.59. The maximum Gasteiger partial charge on any atom is 0.259 e. The first-order chi connectivity index (χ1) is 16.7. The number of para-hydroxylation sites is 1. The number of rotatable bonds is 4. The summed E-state index contributed by atoms with van der Waals surface area (Å²) in [4.78, 5) is 39.4. The fourth-order valence-corrected chi connectivity index (χ4v) is 6.69. The van der Waals surface area contributed by atoms with Gasteiger partial charge in [-0.25, -0.2) is 9.37 Å². The number of hydrogen-bond donors (Lipinski definition) is 1. The highest BCUT2D eigenvalue weighted by Gasteiger charge is 2.31. The van der Waals surface area contributed by atoms with Crippen LogP contribution in [0.5, 0.6) is 0 Å². The molecule has 1 aliphatic heterocycles. The summed E-state index contributed by atoms with van der Waals surface area (Å²) in [5.41, 5.74) is 1.93. The molecule has 2 aliphatic rings. The van der Waals surface area contributed by atoms with Gasteiger partial charge in [0.05, 0.1) is 11.1 Å². The van der Waals surface area contributed by atoms with Crippen molar-refractivity contribution in [2.45, 2.75) is 52.9 Å². The molecule has 3 aromatic rings. The highest BCUT2D eigenvalue weighted by atomic mass is 32.1. The molecule has 1 aliphatic carbocycles. The van der Waals surface area contributed by atoms with Gasteiger partial charge in [0.2, 0.25) is 5.91 Å². The lowest BCUT2D eigenvalue weighted by molar-refractivity contribution is -0.131. The minimum Gasteiger partial charge on any atom is -0.366 e. The van der Waals surface area contributed by atoms with E-state index in [0.717, 1.165) is 29.5 Å². The molecular formula is C27H33FN4O2S. The van der Waals surface area contributed by atoms with Crippen LogP contribution >= 0.6 is 11.3 Å². The number of anilines is 1. The Labute approximate surface area is 209 Å². The Bertz CT molecular complexity index is 1300. The molecule has 35 heavy (non-hydrogen) atoms. The van der Waals surface area contributed by atoms with E-state index in [1.165, 1.54) is 16.5 Å². The lowest BCUT2D eigenvalue weighted by Gasteiger charge is -2.36. The molecule has 1 saturated heterocycles. The van der Waals surface area contributed by atoms with Gasteiger partial charge in [-0.3, -0.25) is 9.59 Å². The first-order valence-electron chi connectivity index (χ1n) is 12.5. The van der Waals surface area contributed by atoms with Gasteiger partial charge >= 0.3 is 0 Å². The van der Waals surface area contributed by atoms with E-state index >= 15 is 0 Å². The van der Waals surface area contributed by atoms with Gasteiger partial charge < -0.3 is 14.8 Å². The summed E-state index contributed by atoms with van der Waals surface area (Å²) in [5, 5.41) is 0.747. The van der Waals surface area contributed by atoms with Gasteiger partial charge in [-0.15, -0.1) is 11.3 Å². The van der Waals surface area contributed by atoms with Crippen LogP contribution in [-0.4, -0.2) is 47.0 Å². The molecule has 5 rings (SSSR count). The second-order valence-electron chi connectivity index (χ2n) is 10.8. The van der Waals surface area contributed by atoms with Crippen LogP contribution in [0.3, 0.4) is 0 Å². The number of aryl methyl sites for hydroxylation is 2. The van der Waals surface area contributed by atoms with Gasteiger partial charge in [-0.1, -0.05) is 32.9 Å². The van der Waals surface area contributed by atoms with Crippen LogP contribution in [0.2, 0.25) is 0 Å². The van der Waals surface area contributed by atoms with E-state index in [4.69, 9.17) is 4.98 Å². The fraction of sp³-hybridized carbons (Fsp3) is 0.519. The van der Waals surface area contributed by atoms with Crippen LogP contribution in [0, 0.1) is 17.2 Å². The predicted octanol–water partition coefficient (Wildman–Crippen LogP) is 4.56. The van der Waals surface area contributed by atoms with Crippen molar-refractivity contribution in [3.8, 4) is 0 Å². The standard InChI is InChI=1S/C27H33FN4O2S/c1-27(2,3)17-8-9-18-21(16-17)35-26-24(18)25(34)29-22(30-26)10-11-23(33)32-14-12-31(13-15-32)20-7-5-4-6-19(20)28/h4-7,17H,8-16H2,1-3H3,(H,29,30,34)/t17-/m1/s1. The Morgan fingerprint density at radius 1 is 1.20 bits per heavy atom. The highest BCUT2D eigenvalue weighted by molar-refractivity contribution is 7.18. The zero-order valence-electron chi connectivity index (χ0n) is 20.7. The van der Waals surface area contributed by atoms with E-state index in [1.807, 2.05) is 15.9 Å². The predicted molar refractivity (Wildman–Crippen MR) is 139 cm³/mol. The molecular weight excluding hydrogens is 463 g/mol. The van der Waals surface area contributed by atoms with Gasteiger partial charge in [0.1, 0.15) is 16.5 Å². The molecule has 1 atom stereocenters. The van der Waals surface area contributed by atoms with E-state index in [0.29, 0.717) is 56.5 Å². The second kappa shape index (κ2) is 9.37. The molecule has 1 aromatic carbocycles. The molecule has 8 heteroatoms. The summed E-state index contributed by atoms with van der Waals surface area (Å²) in [6.07, 6.45) is 3.74. The largest absolute Gasteiger partial charge is 0.366 e. The zero-order chi connectivity index (χ0) is 24.7. The summed E-state index contributed by atoms with van der Waals surface area (Å²) < 4.78 is 14.1. The topological polar surface area (TPSA) is 69.3 Å². The van der Waals surface area contributed by atoms with E-state index in [9.17, 15) is 14.0 Å². The number of piperazine rings is 1. The van der Waals surface area contributed by atoms with Gasteiger partial charge in [-0.05, 0) is 48.3 Å². The average Bonchev–Trinajstić information content (AvgIpc) is 3.20. The number of H-pyrrole nitrogens is 1. The van der Waals surface area contributed by atoms with E-state index in [1.54, 1.807) is 23.5 Å². The minimum atomic E-state index is -0.234. The number of aromatic amines is 1. The van der Waals surface area contributed by atoms with Crippen molar-refractivity contribution >= 4 is 33.1 Å². The Kier molecular flexibility index (Phi) is 6.42. The van der Waals surface area contributed by atoms with Crippen LogP contribution in [0.25, 0.3) is 10.2 Å². The number of fused-ring (bicyclic) bond motifs is 3. The molecule has 6 nitrogen and oxygen atoms in total. The molecule has 1 fully saturated rings. The van der Waals surface area contributed by atoms with Gasteiger partial charge in [0, 0.05) is 43.9 Å². The summed E-state index contributed by atoms with van der Waals surface area (Å²) >= 11 is 1.65. The number of carbonyl (C=O) groups is 1. The van der Waals surface area contributed by atoms with Gasteiger partial charge in [0.15, 0.2) is 0 Å². The number of aromatic nitrogens is 2. The Morgan fingerprint density at radius 3 is 2.66 bits per heavy atom. The van der Waals surface area contributed by atoms with Crippen molar-refractivity contribution in [3.63, 3.8) is 0 Å². The molecule has 0 saturated carbocycles. The maximum atomic E-state index is 14.1. The van der Waals surface area contributed by atoms with Crippen molar-refractivity contribution < 1.29 is 9.18 Å². The molecule has 0 unspecified atom stereocenters. The number of carbonyl (C=O) groups excluding carboxylic acids is 1. The monoisotopic (exact) mass is 496 g/mol. The maximum absolute atomic E-state index is 14.1. The number of hydrogen-bond acceptors (Lipinski definition) is 5. The summed E-state index contributed by atoms with van der Waals surface area (Å²) in [5.74, 6) is 0.992. The summed E-state index contributed by atoms with van der Waals surface area (Å²) in [7, 11) is 0. The van der Waals surface area contributed by atoms with Crippen LogP contribution in [0.1, 0.15) is 49.9 Å². The highest BCUT2D eigenvalue weighted by Crippen LogP contribution is 2.42. The van der Waals surface area contributed by atoms with E-state index < -0.39 is 0 Å². The van der Waals surface area contributed by atoms with Crippen molar-refractivity contribution in [1.82, 2.24) is 14.9 Å². The molecule has 1 N–H and O–H groups in total. The minimum absolute atomic E-state index is 0.0411. The number of amides is 1. The van der Waals surface area contributed by atoms with Crippen molar-refractivity contribution in [3.05, 3.63) is 56.7 Å². The molecule has 0 bridgehead atoms. The molecule has 2 aromatic heterocycles. The molecule has 0 spiro atoms. The third-order valence-corrected chi connectivity index (χ3v) is 8.74. The molecule has 3 heterocycles. The second-order valence-corrected chi connectivity index (χ2v) is 11.9. The quantitative estimate of drug-likeness (QED) is 0.575. The smallest absolute Gasteiger partial charge is 0.259 e. The fourth-order valence-electron chi connectivity index (χ4n) is 5.37. The first kappa shape index (κ1) is 24.0. The van der Waals surface area contributed by atoms with Crippen molar-refractivity contribution in [2.24, 2.45) is 11.3 Å². The number of nitrogens with one attached hydrogen (secondary N) is 1. The van der Waals surface area contributed by atoms with Crippen LogP contribution < -0.4 is 10.5 Å². The average molecular weight is 497 g/mol. The van der Waals surface area contributed by atoms with Crippen molar-refractivity contribution in [2.75, 3.05) is 31.1 Å². The van der Waals surface area contributed by atoms with E-state index in [-0.39, 0.29) is 22.7 Å². The zero-order valence-corrected chi connectivity index (χ0v) is 21.5. The first-order valence-corrected chi connectivity index (χ1v) is 13.3. The number of nitrogens with zero attached hydrogens (tertiary/aromatic N) is 3. The number of thiophene rings is 1. The Hall–Kier alpha value is -2.74. The number of halogens is 1. The summed E-state index contributed by atoms with van der Waals surface area (Å²) in [6.45, 7) is 9.18. The van der Waals surface area contributed by atoms with Gasteiger partial charge in [-0.2, -0.15) is 0 Å². The van der Waals surface area contributed by atoms with Crippen LogP contribution in [0.4, 0.5) is 10.1 Å². The third kappa shape index (κ3) is 4.85. The van der Waals surface area contributed by atoms with Gasteiger partial charge in [0.25, 0.3) is 5.56 Å². The normalized spacial score (nSPS) is 18.7. The summed E-state index contributed by atoms with van der Waals surface area (Å²) in [6, 6.07) is 6.75. The number of benzene rings is 1. The van der Waals surface area contributed by atoms with Crippen LogP contribution in [0.15, 0.2) is 29.1 Å². The van der Waals surface area contributed by atoms with E-state index in [2.05, 4.69) is 25.8 Å². The molecule has 1 amide bonds. The SMILES string of the molecule is CC(C)(C)[C@@H]1CCc2c(sc3nc(CCC(=O)N4CCN(c5ccccc5F)CC4)[nH]c(=O)c23)C1. The Morgan fingerprint density at radius 2 is 1.94 bits per heavy atom. The Balaban J connectivity index is 1.22. The van der Waals surface area contributed by atoms with Crippen molar-refractivity contribution in [1.29, 1.82) is 0 Å². The molecule has 0 radical (unpaired) electrons.